The molecular formula is C51H40GeIrN2O-2. The van der Waals surface area contributed by atoms with Crippen molar-refractivity contribution >= 4 is 61.8 Å². The second-order valence-corrected chi connectivity index (χ2v) is 25.7. The van der Waals surface area contributed by atoms with Gasteiger partial charge in [-0.2, -0.15) is 0 Å². The fourth-order valence-corrected chi connectivity index (χ4v) is 9.68. The predicted octanol–water partition coefficient (Wildman–Crippen LogP) is 12.9. The van der Waals surface area contributed by atoms with Gasteiger partial charge in [0.05, 0.1) is 11.3 Å². The minimum atomic E-state index is -2.08. The molecule has 5 heteroatoms. The Morgan fingerprint density at radius 3 is 2.27 bits per heavy atom. The van der Waals surface area contributed by atoms with Crippen molar-refractivity contribution < 1.29 is 28.6 Å². The Bertz CT molecular complexity index is 2910. The van der Waals surface area contributed by atoms with E-state index in [0.717, 1.165) is 50.2 Å². The summed E-state index contributed by atoms with van der Waals surface area (Å²) in [5.74, 6) is 6.95. The first-order valence-electron chi connectivity index (χ1n) is 20.1. The molecule has 0 bridgehead atoms. The van der Waals surface area contributed by atoms with E-state index in [0.29, 0.717) is 5.56 Å². The molecule has 1 atom stereocenters. The van der Waals surface area contributed by atoms with Crippen LogP contribution in [0.1, 0.15) is 32.3 Å². The van der Waals surface area contributed by atoms with Crippen LogP contribution in [0.3, 0.4) is 0 Å². The van der Waals surface area contributed by atoms with Gasteiger partial charge in [-0.05, 0) is 56.9 Å². The van der Waals surface area contributed by atoms with E-state index in [9.17, 15) is 0 Å². The summed E-state index contributed by atoms with van der Waals surface area (Å²) < 4.78 is 29.8. The molecule has 0 saturated carbocycles. The van der Waals surface area contributed by atoms with Gasteiger partial charge in [0, 0.05) is 31.4 Å². The molecule has 3 heterocycles. The van der Waals surface area contributed by atoms with Crippen molar-refractivity contribution in [3.8, 4) is 22.4 Å². The first-order chi connectivity index (χ1) is 28.0. The number of rotatable bonds is 5. The molecule has 0 saturated heterocycles. The topological polar surface area (TPSA) is 38.4 Å². The number of aryl methyl sites for hydroxylation is 1. The molecule has 3 nitrogen and oxygen atoms in total. The molecule has 0 aliphatic carbocycles. The largest absolute Gasteiger partial charge is 0.501 e. The van der Waals surface area contributed by atoms with Crippen molar-refractivity contribution in [2.75, 3.05) is 0 Å². The number of para-hydroxylation sites is 2. The Labute approximate surface area is 349 Å². The van der Waals surface area contributed by atoms with Crippen LogP contribution < -0.4 is 4.40 Å². The fraction of sp³-hybridized carbons (Fsp3) is 0.0980. The molecule has 1 unspecified atom stereocenters. The van der Waals surface area contributed by atoms with E-state index >= 15 is 0 Å². The second-order valence-electron chi connectivity index (χ2n) is 15.0. The minimum Gasteiger partial charge on any atom is -0.501 e. The maximum absolute atomic E-state index is 7.35. The van der Waals surface area contributed by atoms with Crippen molar-refractivity contribution in [1.82, 2.24) is 4.98 Å². The van der Waals surface area contributed by atoms with Gasteiger partial charge in [0.15, 0.2) is 0 Å². The number of aromatic nitrogens is 1. The third-order valence-electron chi connectivity index (χ3n) is 10.4. The van der Waals surface area contributed by atoms with Gasteiger partial charge in [0.1, 0.15) is 5.58 Å². The molecular weight excluding hydrogens is 921 g/mol. The molecule has 0 N–H and O–H groups in total. The molecule has 0 spiro atoms. The van der Waals surface area contributed by atoms with Crippen LogP contribution in [-0.2, 0) is 20.1 Å². The van der Waals surface area contributed by atoms with Gasteiger partial charge in [0.2, 0.25) is 0 Å². The molecule has 0 amide bonds. The fourth-order valence-electron chi connectivity index (χ4n) is 7.51. The second kappa shape index (κ2) is 15.6. The number of benzene rings is 7. The van der Waals surface area contributed by atoms with Crippen LogP contribution in [0, 0.1) is 19.0 Å². The normalized spacial score (nSPS) is 14.5. The number of fused-ring (bicyclic) bond motifs is 5. The summed E-state index contributed by atoms with van der Waals surface area (Å²) in [6.45, 7) is -2.08. The molecule has 1 radical (unpaired) electrons. The SMILES string of the molecule is [2H]C([2H])([2H])c1c[c-]c(-c2cc[c]([Ge]([CH3])([CH3])[CH3])cn2)cc1.[Ir].[c-]1ccc2c(oc3ccccc32)c1C1=Nc2ccccc2C1c1cccc2ccc(-c3ccccc3)cc12. The molecule has 56 heavy (non-hydrogen) atoms. The first kappa shape index (κ1) is 33.9. The number of hydrogen-bond donors (Lipinski definition) is 0. The average Bonchev–Trinajstić information content (AvgIpc) is 3.82. The van der Waals surface area contributed by atoms with E-state index in [-0.39, 0.29) is 26.0 Å². The summed E-state index contributed by atoms with van der Waals surface area (Å²) in [4.78, 5) is 9.70. The van der Waals surface area contributed by atoms with Crippen LogP contribution in [0.4, 0.5) is 5.69 Å². The molecule has 7 aromatic carbocycles. The van der Waals surface area contributed by atoms with E-state index in [1.165, 1.54) is 43.5 Å². The molecule has 2 aromatic heterocycles. The van der Waals surface area contributed by atoms with Crippen molar-refractivity contribution in [2.45, 2.75) is 30.0 Å². The summed E-state index contributed by atoms with van der Waals surface area (Å²) in [7, 11) is 0. The molecule has 1 aliphatic heterocycles. The van der Waals surface area contributed by atoms with Gasteiger partial charge >= 0.3 is 110 Å². The summed E-state index contributed by atoms with van der Waals surface area (Å²) in [5, 5.41) is 4.66. The van der Waals surface area contributed by atoms with E-state index < -0.39 is 20.1 Å². The Balaban J connectivity index is 0.000000197. The van der Waals surface area contributed by atoms with Gasteiger partial charge < -0.3 is 4.42 Å². The van der Waals surface area contributed by atoms with Gasteiger partial charge in [-0.1, -0.05) is 108 Å². The molecule has 1 aliphatic rings. The van der Waals surface area contributed by atoms with Crippen molar-refractivity contribution in [3.63, 3.8) is 0 Å². The van der Waals surface area contributed by atoms with Gasteiger partial charge in [-0.25, -0.2) is 0 Å². The Kier molecular flexibility index (Phi) is 9.46. The van der Waals surface area contributed by atoms with E-state index in [1.807, 2.05) is 30.5 Å². The Morgan fingerprint density at radius 2 is 1.48 bits per heavy atom. The monoisotopic (exact) mass is 966 g/mol. The number of furan rings is 1. The van der Waals surface area contributed by atoms with Crippen molar-refractivity contribution in [3.05, 3.63) is 198 Å². The maximum atomic E-state index is 7.35. The zero-order valence-corrected chi connectivity index (χ0v) is 35.8. The Hall–Kier alpha value is -5.39. The average molecular weight is 965 g/mol. The number of pyridine rings is 1. The number of hydrogen-bond acceptors (Lipinski definition) is 3. The third kappa shape index (κ3) is 7.21. The summed E-state index contributed by atoms with van der Waals surface area (Å²) in [5.41, 5.74) is 11.5. The van der Waals surface area contributed by atoms with E-state index in [2.05, 4.69) is 150 Å². The summed E-state index contributed by atoms with van der Waals surface area (Å²) >= 11 is -1.83. The maximum Gasteiger partial charge on any atom is 0.120 e. The van der Waals surface area contributed by atoms with Gasteiger partial charge in [0.25, 0.3) is 0 Å². The first-order valence-corrected chi connectivity index (χ1v) is 25.9. The van der Waals surface area contributed by atoms with Crippen LogP contribution in [0.2, 0.25) is 17.3 Å². The predicted molar refractivity (Wildman–Crippen MR) is 233 cm³/mol. The van der Waals surface area contributed by atoms with Crippen molar-refractivity contribution in [2.24, 2.45) is 4.99 Å². The number of nitrogens with zero attached hydrogens (tertiary/aromatic N) is 2. The van der Waals surface area contributed by atoms with E-state index in [4.69, 9.17) is 13.5 Å². The third-order valence-corrected chi connectivity index (χ3v) is 14.7. The molecule has 10 rings (SSSR count). The summed E-state index contributed by atoms with van der Waals surface area (Å²) in [6, 6.07) is 60.3. The van der Waals surface area contributed by atoms with Crippen molar-refractivity contribution in [1.29, 1.82) is 0 Å². The number of aliphatic imine (C=N–C) groups is 1. The molecule has 0 fully saturated rings. The van der Waals surface area contributed by atoms with Gasteiger partial charge in [-0.15, -0.1) is 18.2 Å². The van der Waals surface area contributed by atoms with Crippen LogP contribution in [0.15, 0.2) is 173 Å². The Morgan fingerprint density at radius 1 is 0.679 bits per heavy atom. The standard InChI is InChI=1S/C36H22NO.C15H18GeN.Ir/c1-2-10-23(11-3-1)25-21-20-24-12-8-15-27(31(24)22-25)34-29-14-4-6-18-32(29)37-35(34)30-17-9-16-28-26-13-5-7-19-33(26)38-36(28)30;1-12-5-7-13(8-6-12)15-10-9-14(11-17-15)16(2,3)4;/h1-16,18-22,34H;5-7,9-11H,1-4H3;/q2*-1;/i;1D3;. The molecule has 9 aromatic rings. The zero-order chi connectivity index (χ0) is 40.0. The minimum absolute atomic E-state index is 0. The van der Waals surface area contributed by atoms with Crippen LogP contribution in [-0.4, -0.2) is 24.0 Å². The van der Waals surface area contributed by atoms with Crippen LogP contribution in [0.25, 0.3) is 55.1 Å². The molecule has 275 valence electrons. The van der Waals surface area contributed by atoms with E-state index in [1.54, 1.807) is 12.1 Å². The quantitative estimate of drug-likeness (QED) is 0.127. The van der Waals surface area contributed by atoms with Crippen LogP contribution in [0.5, 0.6) is 0 Å². The zero-order valence-electron chi connectivity index (χ0n) is 34.3. The summed E-state index contributed by atoms with van der Waals surface area (Å²) in [6.07, 6.45) is 1.95. The van der Waals surface area contributed by atoms with Crippen LogP contribution >= 0.6 is 0 Å². The van der Waals surface area contributed by atoms with Gasteiger partial charge in [-0.3, -0.25) is 4.99 Å². The smallest absolute Gasteiger partial charge is 0.120 e.